The molecule has 120 valence electrons. The summed E-state index contributed by atoms with van der Waals surface area (Å²) in [4.78, 5) is 8.81. The fourth-order valence-electron chi connectivity index (χ4n) is 3.11. The molecule has 2 aromatic heterocycles. The van der Waals surface area contributed by atoms with Crippen LogP contribution in [0.5, 0.6) is 5.88 Å². The summed E-state index contributed by atoms with van der Waals surface area (Å²) >= 11 is 0. The van der Waals surface area contributed by atoms with E-state index in [1.54, 1.807) is 12.3 Å². The van der Waals surface area contributed by atoms with Crippen LogP contribution >= 0.6 is 0 Å². The van der Waals surface area contributed by atoms with Gasteiger partial charge in [-0.2, -0.15) is 5.26 Å². The Bertz CT molecular complexity index is 756. The Labute approximate surface area is 139 Å². The van der Waals surface area contributed by atoms with Gasteiger partial charge in [0, 0.05) is 33.3 Å². The van der Waals surface area contributed by atoms with Crippen molar-refractivity contribution in [3.05, 3.63) is 24.0 Å². The molecule has 6 heteroatoms. The van der Waals surface area contributed by atoms with Crippen molar-refractivity contribution in [3.8, 4) is 11.9 Å². The second kappa shape index (κ2) is 6.55. The number of nitrogens with zero attached hydrogens (tertiary/aromatic N) is 3. The van der Waals surface area contributed by atoms with Crippen LogP contribution in [0, 0.1) is 11.3 Å². The van der Waals surface area contributed by atoms with Gasteiger partial charge in [0.2, 0.25) is 5.88 Å². The van der Waals surface area contributed by atoms with Crippen molar-refractivity contribution in [1.82, 2.24) is 9.97 Å². The summed E-state index contributed by atoms with van der Waals surface area (Å²) in [5.74, 6) is 1.37. The number of aromatic nitrogens is 2. The van der Waals surface area contributed by atoms with E-state index in [1.165, 1.54) is 29.5 Å². The Morgan fingerprint density at radius 3 is 2.87 bits per heavy atom. The molecule has 0 radical (unpaired) electrons. The Hall–Kier alpha value is -2.13. The Morgan fingerprint density at radius 1 is 1.39 bits per heavy atom. The summed E-state index contributed by atoms with van der Waals surface area (Å²) in [6.45, 7) is 3.91. The third-order valence-corrected chi connectivity index (χ3v) is 5.24. The zero-order chi connectivity index (χ0) is 16.4. The summed E-state index contributed by atoms with van der Waals surface area (Å²) in [6, 6.07) is 6.34. The smallest absolute Gasteiger partial charge is 0.223 e. The van der Waals surface area contributed by atoms with Crippen LogP contribution in [-0.4, -0.2) is 32.4 Å². The number of nitriles is 1. The van der Waals surface area contributed by atoms with Gasteiger partial charge < -0.3 is 10.1 Å². The van der Waals surface area contributed by atoms with Crippen molar-refractivity contribution < 1.29 is 4.74 Å². The summed E-state index contributed by atoms with van der Waals surface area (Å²) in [5.41, 5.74) is 1.26. The minimum atomic E-state index is 0.00450. The monoisotopic (exact) mass is 326 g/mol. The first-order chi connectivity index (χ1) is 11.0. The molecule has 1 fully saturated rings. The fourth-order valence-corrected chi connectivity index (χ4v) is 4.01. The van der Waals surface area contributed by atoms with Gasteiger partial charge in [0.05, 0.1) is 6.10 Å². The molecule has 2 aromatic rings. The number of hydrogen-bond acceptors (Lipinski definition) is 5. The van der Waals surface area contributed by atoms with E-state index in [0.717, 1.165) is 22.1 Å². The first kappa shape index (κ1) is 15.8. The summed E-state index contributed by atoms with van der Waals surface area (Å²) in [7, 11) is 1.27. The van der Waals surface area contributed by atoms with E-state index in [4.69, 9.17) is 10.00 Å². The predicted molar refractivity (Wildman–Crippen MR) is 95.0 cm³/mol. The van der Waals surface area contributed by atoms with Crippen LogP contribution in [0.25, 0.3) is 10.8 Å². The number of nitrogens with one attached hydrogen (secondary N) is 1. The number of fused-ring (bicyclic) bond motifs is 1. The molecule has 23 heavy (non-hydrogen) atoms. The lowest BCUT2D eigenvalue weighted by atomic mass is 10.2. The van der Waals surface area contributed by atoms with E-state index < -0.39 is 0 Å². The van der Waals surface area contributed by atoms with Gasteiger partial charge in [0.25, 0.3) is 0 Å². The molecule has 1 aliphatic carbocycles. The molecule has 0 aliphatic heterocycles. The van der Waals surface area contributed by atoms with Crippen molar-refractivity contribution in [1.29, 1.82) is 5.26 Å². The van der Waals surface area contributed by atoms with Crippen molar-refractivity contribution in [2.24, 2.45) is 0 Å². The largest absolute Gasteiger partial charge is 0.474 e. The van der Waals surface area contributed by atoms with Gasteiger partial charge >= 0.3 is 0 Å². The first-order valence-corrected chi connectivity index (χ1v) is 9.34. The summed E-state index contributed by atoms with van der Waals surface area (Å²) in [6.07, 6.45) is 5.58. The Balaban J connectivity index is 1.95. The molecule has 0 aromatic carbocycles. The lowest BCUT2D eigenvalue weighted by Gasteiger charge is -2.15. The molecule has 0 spiro atoms. The molecule has 1 N–H and O–H groups in total. The lowest BCUT2D eigenvalue weighted by molar-refractivity contribution is 0.236. The maximum atomic E-state index is 9.13. The molecular weight excluding hydrogens is 304 g/mol. The van der Waals surface area contributed by atoms with Gasteiger partial charge in [-0.3, -0.25) is 0 Å². The van der Waals surface area contributed by atoms with Gasteiger partial charge in [-0.15, -0.1) is 0 Å². The molecule has 0 bridgehead atoms. The molecule has 3 rings (SSSR count). The van der Waals surface area contributed by atoms with Crippen LogP contribution in [0.4, 0.5) is 5.82 Å². The molecule has 5 nitrogen and oxygen atoms in total. The predicted octanol–water partition coefficient (Wildman–Crippen LogP) is 2.41. The topological polar surface area (TPSA) is 70.8 Å². The quantitative estimate of drug-likeness (QED) is 0.874. The summed E-state index contributed by atoms with van der Waals surface area (Å²) in [5, 5.41) is 14.4. The zero-order valence-corrected chi connectivity index (χ0v) is 15.8. The third-order valence-electron chi connectivity index (χ3n) is 4.19. The Morgan fingerprint density at radius 2 is 2.22 bits per heavy atom. The highest BCUT2D eigenvalue weighted by Crippen LogP contribution is 2.31. The minimum Gasteiger partial charge on any atom is -0.474 e. The molecule has 2 atom stereocenters. The van der Waals surface area contributed by atoms with E-state index in [1.807, 2.05) is 19.9 Å². The highest BCUT2D eigenvalue weighted by atomic mass is 28.1. The third kappa shape index (κ3) is 3.62. The average molecular weight is 326 g/mol. The fraction of sp³-hybridized carbons (Fsp3) is 0.471. The van der Waals surface area contributed by atoms with Gasteiger partial charge in [0.1, 0.15) is 17.6 Å². The number of ether oxygens (including phenoxy) is 1. The van der Waals surface area contributed by atoms with Crippen LogP contribution in [0.2, 0.25) is 5.54 Å². The van der Waals surface area contributed by atoms with Crippen molar-refractivity contribution in [3.63, 3.8) is 0 Å². The van der Waals surface area contributed by atoms with E-state index >= 15 is 0 Å². The Kier molecular flexibility index (Phi) is 4.48. The van der Waals surface area contributed by atoms with E-state index in [-0.39, 0.29) is 6.10 Å². The number of anilines is 1. The number of pyridine rings is 2. The number of rotatable bonds is 4. The second-order valence-corrected chi connectivity index (χ2v) is 8.27. The molecule has 0 amide bonds. The lowest BCUT2D eigenvalue weighted by Crippen LogP contribution is -2.16. The molecule has 2 heterocycles. The van der Waals surface area contributed by atoms with Crippen LogP contribution in [-0.2, 0) is 0 Å². The van der Waals surface area contributed by atoms with Crippen LogP contribution < -0.4 is 10.1 Å². The van der Waals surface area contributed by atoms with E-state index in [0.29, 0.717) is 17.6 Å². The van der Waals surface area contributed by atoms with Gasteiger partial charge in [-0.25, -0.2) is 9.97 Å². The van der Waals surface area contributed by atoms with Gasteiger partial charge in [0.15, 0.2) is 0 Å². The minimum absolute atomic E-state index is 0.00450. The van der Waals surface area contributed by atoms with Crippen molar-refractivity contribution >= 4 is 26.8 Å². The van der Waals surface area contributed by atoms with Gasteiger partial charge in [-0.1, -0.05) is 12.0 Å². The SMILES string of the molecule is CC(C)Oc1nc(C#N)cc2cnc(NC3CC[C@H]([SiH3])C3)cc12. The van der Waals surface area contributed by atoms with E-state index in [2.05, 4.69) is 21.4 Å². The van der Waals surface area contributed by atoms with Crippen LogP contribution in [0.1, 0.15) is 38.8 Å². The van der Waals surface area contributed by atoms with Gasteiger partial charge in [-0.05, 0) is 38.8 Å². The average Bonchev–Trinajstić information content (AvgIpc) is 2.92. The van der Waals surface area contributed by atoms with Crippen LogP contribution in [0.15, 0.2) is 18.3 Å². The molecule has 1 saturated carbocycles. The maximum Gasteiger partial charge on any atom is 0.223 e. The zero-order valence-electron chi connectivity index (χ0n) is 13.8. The highest BCUT2D eigenvalue weighted by Gasteiger charge is 2.21. The molecular formula is C17H22N4OSi. The second-order valence-electron chi connectivity index (χ2n) is 6.64. The summed E-state index contributed by atoms with van der Waals surface area (Å²) < 4.78 is 5.80. The maximum absolute atomic E-state index is 9.13. The normalized spacial score (nSPS) is 20.8. The molecule has 1 aliphatic rings. The van der Waals surface area contributed by atoms with E-state index in [9.17, 15) is 0 Å². The standard InChI is InChI=1S/C17H22N4OSi/c1-10(2)22-17-15-7-16(20-12-3-4-14(23)6-12)19-9-11(15)5-13(8-18)21-17/h5,7,9-10,12,14H,3-4,6H2,1-2,23H3,(H,19,20)/t12?,14-/m0/s1. The number of hydrogen-bond donors (Lipinski definition) is 1. The molecule has 0 saturated heterocycles. The van der Waals surface area contributed by atoms with Crippen molar-refractivity contribution in [2.45, 2.75) is 50.8 Å². The molecule has 1 unspecified atom stereocenters. The first-order valence-electron chi connectivity index (χ1n) is 8.19. The van der Waals surface area contributed by atoms with Crippen LogP contribution in [0.3, 0.4) is 0 Å². The highest BCUT2D eigenvalue weighted by molar-refractivity contribution is 6.11. The van der Waals surface area contributed by atoms with Crippen molar-refractivity contribution in [2.75, 3.05) is 5.32 Å².